The van der Waals surface area contributed by atoms with Gasteiger partial charge >= 0.3 is 0 Å². The van der Waals surface area contributed by atoms with E-state index in [1.165, 1.54) is 0 Å². The van der Waals surface area contributed by atoms with Crippen LogP contribution < -0.4 is 15.6 Å². The van der Waals surface area contributed by atoms with E-state index in [0.717, 1.165) is 43.1 Å². The molecule has 0 aromatic carbocycles. The quantitative estimate of drug-likeness (QED) is 0.735. The van der Waals surface area contributed by atoms with Crippen LogP contribution in [0, 0.1) is 13.8 Å². The lowest BCUT2D eigenvalue weighted by Crippen LogP contribution is -2.26. The van der Waals surface area contributed by atoms with Crippen molar-refractivity contribution in [2.24, 2.45) is 7.05 Å². The van der Waals surface area contributed by atoms with Crippen LogP contribution in [-0.2, 0) is 13.6 Å². The summed E-state index contributed by atoms with van der Waals surface area (Å²) in [6, 6.07) is 3.54. The topological polar surface area (TPSA) is 85.0 Å². The minimum Gasteiger partial charge on any atom is -0.353 e. The van der Waals surface area contributed by atoms with E-state index >= 15 is 0 Å². The third-order valence-electron chi connectivity index (χ3n) is 5.61. The van der Waals surface area contributed by atoms with Crippen molar-refractivity contribution in [1.29, 1.82) is 0 Å². The zero-order chi connectivity index (χ0) is 20.7. The second-order valence-electron chi connectivity index (χ2n) is 7.54. The van der Waals surface area contributed by atoms with Crippen LogP contribution in [-0.4, -0.2) is 38.3 Å². The normalized spacial score (nSPS) is 14.0. The van der Waals surface area contributed by atoms with Crippen molar-refractivity contribution in [2.45, 2.75) is 40.2 Å². The Morgan fingerprint density at radius 1 is 1.21 bits per heavy atom. The van der Waals surface area contributed by atoms with Gasteiger partial charge in [-0.25, -0.2) is 4.98 Å². The van der Waals surface area contributed by atoms with E-state index < -0.39 is 5.91 Å². The van der Waals surface area contributed by atoms with Gasteiger partial charge < -0.3 is 14.8 Å². The monoisotopic (exact) mass is 394 g/mol. The second-order valence-corrected chi connectivity index (χ2v) is 7.54. The number of aromatic nitrogens is 4. The summed E-state index contributed by atoms with van der Waals surface area (Å²) in [5, 5.41) is 8.00. The molecule has 1 aliphatic rings. The van der Waals surface area contributed by atoms with E-state index in [9.17, 15) is 9.59 Å². The minimum atomic E-state index is -0.420. The average Bonchev–Trinajstić information content (AvgIpc) is 3.32. The number of pyridine rings is 2. The molecule has 4 rings (SSSR count). The SMILES string of the molecule is CCn1cc(C(=O)Nc2c(N3CCCC3)nn(C)c2C)c(=O)c2ccc(C)nc21. The summed E-state index contributed by atoms with van der Waals surface area (Å²) < 4.78 is 3.61. The molecule has 3 aromatic rings. The lowest BCUT2D eigenvalue weighted by molar-refractivity contribution is 0.102. The van der Waals surface area contributed by atoms with Gasteiger partial charge in [-0.2, -0.15) is 5.10 Å². The van der Waals surface area contributed by atoms with Crippen molar-refractivity contribution in [3.63, 3.8) is 0 Å². The van der Waals surface area contributed by atoms with Gasteiger partial charge in [0.15, 0.2) is 5.82 Å². The number of rotatable bonds is 4. The molecule has 0 atom stereocenters. The predicted molar refractivity (Wildman–Crippen MR) is 114 cm³/mol. The van der Waals surface area contributed by atoms with Crippen LogP contribution in [0.15, 0.2) is 23.1 Å². The van der Waals surface area contributed by atoms with Crippen molar-refractivity contribution in [2.75, 3.05) is 23.3 Å². The second kappa shape index (κ2) is 7.35. The van der Waals surface area contributed by atoms with Gasteiger partial charge in [0.2, 0.25) is 5.43 Å². The Morgan fingerprint density at radius 3 is 2.62 bits per heavy atom. The summed E-state index contributed by atoms with van der Waals surface area (Å²) in [5.74, 6) is 0.348. The summed E-state index contributed by atoms with van der Waals surface area (Å²) in [7, 11) is 1.86. The van der Waals surface area contributed by atoms with Gasteiger partial charge in [-0.1, -0.05) is 0 Å². The number of hydrogen-bond acceptors (Lipinski definition) is 5. The molecule has 1 saturated heterocycles. The van der Waals surface area contributed by atoms with E-state index in [1.807, 2.05) is 32.4 Å². The lowest BCUT2D eigenvalue weighted by Gasteiger charge is -2.17. The van der Waals surface area contributed by atoms with E-state index in [4.69, 9.17) is 0 Å². The largest absolute Gasteiger partial charge is 0.353 e. The number of nitrogens with one attached hydrogen (secondary N) is 1. The van der Waals surface area contributed by atoms with Gasteiger partial charge in [-0.15, -0.1) is 0 Å². The third-order valence-corrected chi connectivity index (χ3v) is 5.61. The van der Waals surface area contributed by atoms with Gasteiger partial charge in [-0.3, -0.25) is 14.3 Å². The summed E-state index contributed by atoms with van der Waals surface area (Å²) >= 11 is 0. The number of fused-ring (bicyclic) bond motifs is 1. The molecule has 8 nitrogen and oxygen atoms in total. The molecule has 0 aliphatic carbocycles. The Kier molecular flexibility index (Phi) is 4.86. The van der Waals surface area contributed by atoms with Crippen LogP contribution >= 0.6 is 0 Å². The van der Waals surface area contributed by atoms with E-state index in [0.29, 0.717) is 23.3 Å². The van der Waals surface area contributed by atoms with E-state index in [2.05, 4.69) is 20.3 Å². The molecular formula is C21H26N6O2. The fourth-order valence-corrected chi connectivity index (χ4v) is 3.83. The molecule has 0 unspecified atom stereocenters. The maximum absolute atomic E-state index is 13.1. The molecule has 0 bridgehead atoms. The number of aryl methyl sites for hydroxylation is 3. The van der Waals surface area contributed by atoms with Gasteiger partial charge in [0.1, 0.15) is 16.9 Å². The minimum absolute atomic E-state index is 0.112. The lowest BCUT2D eigenvalue weighted by atomic mass is 10.1. The predicted octanol–water partition coefficient (Wildman–Crippen LogP) is 2.62. The fraction of sp³-hybridized carbons (Fsp3) is 0.429. The Hall–Kier alpha value is -3.16. The molecule has 3 aromatic heterocycles. The summed E-state index contributed by atoms with van der Waals surface area (Å²) in [5.41, 5.74) is 2.76. The zero-order valence-corrected chi connectivity index (χ0v) is 17.3. The van der Waals surface area contributed by atoms with Gasteiger partial charge in [0.25, 0.3) is 5.91 Å². The highest BCUT2D eigenvalue weighted by atomic mass is 16.2. The molecule has 1 N–H and O–H groups in total. The summed E-state index contributed by atoms with van der Waals surface area (Å²) in [4.78, 5) is 32.8. The number of nitrogens with zero attached hydrogens (tertiary/aromatic N) is 5. The first-order valence-corrected chi connectivity index (χ1v) is 10.0. The van der Waals surface area contributed by atoms with Crippen LogP contribution in [0.4, 0.5) is 11.5 Å². The zero-order valence-electron chi connectivity index (χ0n) is 17.3. The maximum Gasteiger partial charge on any atom is 0.261 e. The maximum atomic E-state index is 13.1. The Morgan fingerprint density at radius 2 is 1.93 bits per heavy atom. The van der Waals surface area contributed by atoms with Crippen LogP contribution in [0.3, 0.4) is 0 Å². The number of carbonyl (C=O) groups is 1. The molecule has 0 saturated carbocycles. The van der Waals surface area contributed by atoms with Crippen molar-refractivity contribution in [3.8, 4) is 0 Å². The molecule has 152 valence electrons. The standard InChI is InChI=1S/C21H26N6O2/c1-5-26-12-16(18(28)15-9-8-13(2)22-19(15)26)21(29)23-17-14(3)25(4)24-20(17)27-10-6-7-11-27/h8-9,12H,5-7,10-11H2,1-4H3,(H,23,29). The molecule has 1 fully saturated rings. The van der Waals surface area contributed by atoms with Gasteiger partial charge in [-0.05, 0) is 45.7 Å². The molecule has 29 heavy (non-hydrogen) atoms. The smallest absolute Gasteiger partial charge is 0.261 e. The molecule has 0 radical (unpaired) electrons. The number of carbonyl (C=O) groups excluding carboxylic acids is 1. The molecule has 1 aliphatic heterocycles. The Bertz CT molecular complexity index is 1150. The van der Waals surface area contributed by atoms with Crippen LogP contribution in [0.1, 0.15) is 41.5 Å². The molecule has 4 heterocycles. The summed E-state index contributed by atoms with van der Waals surface area (Å²) in [6.45, 7) is 8.21. The molecule has 1 amide bonds. The molecular weight excluding hydrogens is 368 g/mol. The summed E-state index contributed by atoms with van der Waals surface area (Å²) in [6.07, 6.45) is 3.83. The highest BCUT2D eigenvalue weighted by Crippen LogP contribution is 2.30. The first-order chi connectivity index (χ1) is 13.9. The van der Waals surface area contributed by atoms with E-state index in [1.54, 1.807) is 23.0 Å². The highest BCUT2D eigenvalue weighted by molar-refractivity contribution is 6.07. The first kappa shape index (κ1) is 19.2. The third kappa shape index (κ3) is 3.28. The number of amides is 1. The molecule has 8 heteroatoms. The Balaban J connectivity index is 1.77. The highest BCUT2D eigenvalue weighted by Gasteiger charge is 2.25. The van der Waals surface area contributed by atoms with Crippen molar-refractivity contribution < 1.29 is 4.79 Å². The fourth-order valence-electron chi connectivity index (χ4n) is 3.83. The van der Waals surface area contributed by atoms with Crippen LogP contribution in [0.2, 0.25) is 0 Å². The number of anilines is 2. The van der Waals surface area contributed by atoms with Gasteiger partial charge in [0, 0.05) is 38.6 Å². The Labute approximate surface area is 169 Å². The van der Waals surface area contributed by atoms with Crippen molar-refractivity contribution in [1.82, 2.24) is 19.3 Å². The van der Waals surface area contributed by atoms with Crippen molar-refractivity contribution in [3.05, 3.63) is 45.5 Å². The number of hydrogen-bond donors (Lipinski definition) is 1. The van der Waals surface area contributed by atoms with Crippen molar-refractivity contribution >= 4 is 28.4 Å². The first-order valence-electron chi connectivity index (χ1n) is 10.0. The van der Waals surface area contributed by atoms with Crippen LogP contribution in [0.25, 0.3) is 11.0 Å². The average molecular weight is 394 g/mol. The van der Waals surface area contributed by atoms with Crippen LogP contribution in [0.5, 0.6) is 0 Å². The van der Waals surface area contributed by atoms with Gasteiger partial charge in [0.05, 0.1) is 11.1 Å². The molecule has 0 spiro atoms. The van der Waals surface area contributed by atoms with E-state index in [-0.39, 0.29) is 11.0 Å².